The number of allylic oxidation sites excluding steroid dienone is 5. The van der Waals surface area contributed by atoms with Gasteiger partial charge in [-0.15, -0.1) is 0 Å². The van der Waals surface area contributed by atoms with Crippen LogP contribution in [-0.2, 0) is 23.8 Å². The molecule has 0 aromatic heterocycles. The van der Waals surface area contributed by atoms with Crippen LogP contribution in [0.25, 0.3) is 0 Å². The van der Waals surface area contributed by atoms with Crippen LogP contribution in [0.1, 0.15) is 348 Å². The largest absolute Gasteiger partial charge is 0.454 e. The highest BCUT2D eigenvalue weighted by molar-refractivity contribution is 5.80. The number of ether oxygens (including phenoxy) is 3. The lowest BCUT2D eigenvalue weighted by atomic mass is 9.99. The SMILES string of the molecule is CCCCC/C=C/C=C/CCCCCCCCC(=O)OC1C(OCC(NC(=O)C(O)CCCCCCCCCCCCCCCCCCCCCCCCCCCC)C(O)/C=C/CCCCCCCCCCCCC)OC(CO)C(O)C1O. The van der Waals surface area contributed by atoms with Gasteiger partial charge in [-0.2, -0.15) is 0 Å². The molecule has 1 aliphatic heterocycles. The summed E-state index contributed by atoms with van der Waals surface area (Å²) >= 11 is 0. The first-order valence-electron chi connectivity index (χ1n) is 35.8. The topological polar surface area (TPSA) is 175 Å². The maximum atomic E-state index is 13.5. The Kier molecular flexibility index (Phi) is 57.2. The molecule has 1 fully saturated rings. The zero-order chi connectivity index (χ0) is 60.3. The summed E-state index contributed by atoms with van der Waals surface area (Å²) in [5.41, 5.74) is 0. The van der Waals surface area contributed by atoms with E-state index in [2.05, 4.69) is 50.4 Å². The van der Waals surface area contributed by atoms with Gasteiger partial charge in [-0.3, -0.25) is 9.59 Å². The number of esters is 1. The molecule has 11 nitrogen and oxygen atoms in total. The normalized spacial score (nSPS) is 18.7. The van der Waals surface area contributed by atoms with Gasteiger partial charge in [0.15, 0.2) is 12.4 Å². The summed E-state index contributed by atoms with van der Waals surface area (Å²) in [4.78, 5) is 26.6. The molecule has 0 aromatic carbocycles. The fourth-order valence-corrected chi connectivity index (χ4v) is 11.4. The van der Waals surface area contributed by atoms with Crippen molar-refractivity contribution in [1.29, 1.82) is 0 Å². The molecule has 1 heterocycles. The molecular formula is C72H135NO10. The first kappa shape index (κ1) is 78.9. The summed E-state index contributed by atoms with van der Waals surface area (Å²) in [6.07, 6.45) is 63.4. The number of hydrogen-bond donors (Lipinski definition) is 6. The van der Waals surface area contributed by atoms with Crippen molar-refractivity contribution in [3.8, 4) is 0 Å². The molecule has 1 saturated heterocycles. The zero-order valence-electron chi connectivity index (χ0n) is 54.3. The van der Waals surface area contributed by atoms with E-state index in [0.29, 0.717) is 19.3 Å². The van der Waals surface area contributed by atoms with Crippen LogP contribution >= 0.6 is 0 Å². The van der Waals surface area contributed by atoms with E-state index in [0.717, 1.165) is 83.5 Å². The number of rotatable bonds is 62. The number of aliphatic hydroxyl groups excluding tert-OH is 5. The lowest BCUT2D eigenvalue weighted by Gasteiger charge is -2.41. The summed E-state index contributed by atoms with van der Waals surface area (Å²) < 4.78 is 17.7. The Morgan fingerprint density at radius 3 is 1.23 bits per heavy atom. The summed E-state index contributed by atoms with van der Waals surface area (Å²) in [5, 5.41) is 57.2. The molecular weight excluding hydrogens is 1040 g/mol. The molecule has 0 bridgehead atoms. The number of amides is 1. The molecule has 11 heteroatoms. The van der Waals surface area contributed by atoms with Gasteiger partial charge in [0.2, 0.25) is 5.91 Å². The quantitative estimate of drug-likeness (QED) is 0.0149. The highest BCUT2D eigenvalue weighted by atomic mass is 16.7. The predicted octanol–water partition coefficient (Wildman–Crippen LogP) is 18.2. The number of hydrogen-bond acceptors (Lipinski definition) is 10. The van der Waals surface area contributed by atoms with Crippen molar-refractivity contribution in [3.63, 3.8) is 0 Å². The minimum absolute atomic E-state index is 0.113. The fourth-order valence-electron chi connectivity index (χ4n) is 11.4. The number of carbonyl (C=O) groups is 2. The van der Waals surface area contributed by atoms with Gasteiger partial charge in [-0.25, -0.2) is 0 Å². The molecule has 1 rings (SSSR count). The number of nitrogens with one attached hydrogen (secondary N) is 1. The van der Waals surface area contributed by atoms with Crippen molar-refractivity contribution in [1.82, 2.24) is 5.32 Å². The third-order valence-corrected chi connectivity index (χ3v) is 17.1. The third kappa shape index (κ3) is 47.6. The van der Waals surface area contributed by atoms with E-state index in [1.807, 2.05) is 6.08 Å². The minimum atomic E-state index is -1.62. The van der Waals surface area contributed by atoms with Gasteiger partial charge in [0.25, 0.3) is 0 Å². The van der Waals surface area contributed by atoms with Crippen LogP contribution in [0.5, 0.6) is 0 Å². The Morgan fingerprint density at radius 1 is 0.470 bits per heavy atom. The molecule has 488 valence electrons. The van der Waals surface area contributed by atoms with Crippen molar-refractivity contribution >= 4 is 11.9 Å². The van der Waals surface area contributed by atoms with Crippen molar-refractivity contribution in [2.75, 3.05) is 13.2 Å². The van der Waals surface area contributed by atoms with E-state index in [1.165, 1.54) is 218 Å². The van der Waals surface area contributed by atoms with Crippen LogP contribution in [-0.4, -0.2) is 99.6 Å². The molecule has 1 amide bonds. The number of carbonyl (C=O) groups excluding carboxylic acids is 2. The van der Waals surface area contributed by atoms with Crippen molar-refractivity contribution in [2.45, 2.75) is 397 Å². The van der Waals surface area contributed by atoms with Gasteiger partial charge in [0.05, 0.1) is 25.4 Å². The summed E-state index contributed by atoms with van der Waals surface area (Å²) in [7, 11) is 0. The van der Waals surface area contributed by atoms with Crippen LogP contribution in [0.15, 0.2) is 36.5 Å². The Morgan fingerprint density at radius 2 is 0.819 bits per heavy atom. The van der Waals surface area contributed by atoms with Crippen molar-refractivity contribution in [3.05, 3.63) is 36.5 Å². The van der Waals surface area contributed by atoms with Crippen LogP contribution < -0.4 is 5.32 Å². The minimum Gasteiger partial charge on any atom is -0.454 e. The molecule has 0 saturated carbocycles. The van der Waals surface area contributed by atoms with Crippen LogP contribution in [0.3, 0.4) is 0 Å². The van der Waals surface area contributed by atoms with E-state index in [1.54, 1.807) is 6.08 Å². The second-order valence-electron chi connectivity index (χ2n) is 25.0. The summed E-state index contributed by atoms with van der Waals surface area (Å²) in [5.74, 6) is -1.19. The third-order valence-electron chi connectivity index (χ3n) is 17.1. The fraction of sp³-hybridized carbons (Fsp3) is 0.889. The summed E-state index contributed by atoms with van der Waals surface area (Å²) in [6.45, 7) is 5.80. The first-order chi connectivity index (χ1) is 40.7. The number of aliphatic hydroxyl groups is 5. The zero-order valence-corrected chi connectivity index (χ0v) is 54.3. The van der Waals surface area contributed by atoms with E-state index in [9.17, 15) is 35.1 Å². The van der Waals surface area contributed by atoms with E-state index < -0.39 is 67.4 Å². The maximum Gasteiger partial charge on any atom is 0.306 e. The maximum absolute atomic E-state index is 13.5. The van der Waals surface area contributed by atoms with Gasteiger partial charge >= 0.3 is 5.97 Å². The molecule has 6 N–H and O–H groups in total. The Bertz CT molecular complexity index is 1490. The average Bonchev–Trinajstić information content (AvgIpc) is 3.54. The highest BCUT2D eigenvalue weighted by Gasteiger charge is 2.47. The lowest BCUT2D eigenvalue weighted by molar-refractivity contribution is -0.305. The monoisotopic (exact) mass is 1170 g/mol. The van der Waals surface area contributed by atoms with Crippen LogP contribution in [0, 0.1) is 0 Å². The lowest BCUT2D eigenvalue weighted by Crippen LogP contribution is -2.61. The average molecular weight is 1170 g/mol. The molecule has 0 spiro atoms. The molecule has 0 aromatic rings. The van der Waals surface area contributed by atoms with Gasteiger partial charge in [0, 0.05) is 6.42 Å². The smallest absolute Gasteiger partial charge is 0.306 e. The van der Waals surface area contributed by atoms with Crippen LogP contribution in [0.4, 0.5) is 0 Å². The second-order valence-corrected chi connectivity index (χ2v) is 25.0. The van der Waals surface area contributed by atoms with E-state index in [4.69, 9.17) is 14.2 Å². The van der Waals surface area contributed by atoms with Gasteiger partial charge < -0.3 is 45.1 Å². The van der Waals surface area contributed by atoms with Gasteiger partial charge in [-0.1, -0.05) is 327 Å². The molecule has 0 aliphatic carbocycles. The Labute approximate surface area is 511 Å². The van der Waals surface area contributed by atoms with Crippen molar-refractivity contribution < 1.29 is 49.3 Å². The molecule has 1 aliphatic rings. The molecule has 8 unspecified atom stereocenters. The van der Waals surface area contributed by atoms with Crippen molar-refractivity contribution in [2.24, 2.45) is 0 Å². The molecule has 0 radical (unpaired) electrons. The Hall–Kier alpha value is -2.12. The van der Waals surface area contributed by atoms with E-state index >= 15 is 0 Å². The standard InChI is InChI=1S/C72H135NO10/c1-4-7-10-13-16-19-22-25-27-28-29-30-31-32-33-34-35-36-37-39-41-44-47-50-53-56-59-65(76)71(80)73-63(64(75)58-55-52-49-46-43-40-24-21-18-15-12-9-6-3)62-81-72-70(69(79)68(78)66(61-74)82-72)83-67(77)60-57-54-51-48-45-42-38-26-23-20-17-14-11-8-5-2/h17,20,23,26,55,58,63-66,68-70,72,74-76,78-79H,4-16,18-19,21-22,24-25,27-54,56-57,59-62H2,1-3H3,(H,73,80)/b20-17+,26-23+,58-55+. The highest BCUT2D eigenvalue weighted by Crippen LogP contribution is 2.26. The van der Waals surface area contributed by atoms with Gasteiger partial charge in [-0.05, 0) is 51.4 Å². The molecule has 83 heavy (non-hydrogen) atoms. The van der Waals surface area contributed by atoms with Gasteiger partial charge in [0.1, 0.15) is 24.4 Å². The van der Waals surface area contributed by atoms with E-state index in [-0.39, 0.29) is 13.0 Å². The summed E-state index contributed by atoms with van der Waals surface area (Å²) in [6, 6.07) is -1.02. The molecule has 8 atom stereocenters. The second kappa shape index (κ2) is 60.2. The predicted molar refractivity (Wildman–Crippen MR) is 347 cm³/mol. The Balaban J connectivity index is 2.55. The number of unbranched alkanes of at least 4 members (excludes halogenated alkanes) is 45. The van der Waals surface area contributed by atoms with Crippen LogP contribution in [0.2, 0.25) is 0 Å². The first-order valence-corrected chi connectivity index (χ1v) is 35.8.